The van der Waals surface area contributed by atoms with E-state index in [1.165, 1.54) is 6.07 Å². The second-order valence-corrected chi connectivity index (χ2v) is 9.21. The highest BCUT2D eigenvalue weighted by molar-refractivity contribution is 5.82. The van der Waals surface area contributed by atoms with Crippen LogP contribution in [0.4, 0.5) is 8.78 Å². The molecule has 1 N–H and O–H groups in total. The van der Waals surface area contributed by atoms with E-state index < -0.39 is 12.2 Å². The molecular weight excluding hydrogens is 380 g/mol. The number of halogens is 2. The van der Waals surface area contributed by atoms with Crippen LogP contribution >= 0.6 is 0 Å². The van der Waals surface area contributed by atoms with Crippen LogP contribution in [0.5, 0.6) is 11.5 Å². The SMILES string of the molecule is CC(C)(O)[C@@H]1CC(c2ccc(OC(F)F)c(OCC3CC3)c2)CN1C(=O)C1CC1. The monoisotopic (exact) mass is 409 g/mol. The first-order valence-corrected chi connectivity index (χ1v) is 10.5. The van der Waals surface area contributed by atoms with E-state index in [0.717, 1.165) is 31.2 Å². The van der Waals surface area contributed by atoms with E-state index >= 15 is 0 Å². The molecule has 5 nitrogen and oxygen atoms in total. The van der Waals surface area contributed by atoms with Crippen LogP contribution < -0.4 is 9.47 Å². The Morgan fingerprint density at radius 3 is 2.55 bits per heavy atom. The molecule has 1 aliphatic heterocycles. The molecular formula is C22H29F2NO4. The quantitative estimate of drug-likeness (QED) is 0.707. The van der Waals surface area contributed by atoms with Crippen LogP contribution in [0.3, 0.4) is 0 Å². The molecule has 7 heteroatoms. The largest absolute Gasteiger partial charge is 0.489 e. The number of rotatable bonds is 8. The number of alkyl halides is 2. The minimum absolute atomic E-state index is 0.0120. The number of carbonyl (C=O) groups excluding carboxylic acids is 1. The van der Waals surface area contributed by atoms with Gasteiger partial charge in [0, 0.05) is 18.4 Å². The number of nitrogens with zero attached hydrogens (tertiary/aromatic N) is 1. The fraction of sp³-hybridized carbons (Fsp3) is 0.682. The molecule has 0 bridgehead atoms. The molecule has 1 saturated heterocycles. The summed E-state index contributed by atoms with van der Waals surface area (Å²) in [6, 6.07) is 4.78. The van der Waals surface area contributed by atoms with Gasteiger partial charge in [-0.15, -0.1) is 0 Å². The molecule has 3 fully saturated rings. The fourth-order valence-electron chi connectivity index (χ4n) is 4.13. The Kier molecular flexibility index (Phi) is 5.44. The minimum Gasteiger partial charge on any atom is -0.489 e. The first kappa shape index (κ1) is 20.4. The maximum atomic E-state index is 12.8. The van der Waals surface area contributed by atoms with Crippen LogP contribution in [0.1, 0.15) is 57.4 Å². The summed E-state index contributed by atoms with van der Waals surface area (Å²) in [5, 5.41) is 10.6. The third-order valence-corrected chi connectivity index (χ3v) is 6.15. The van der Waals surface area contributed by atoms with Crippen molar-refractivity contribution in [2.75, 3.05) is 13.2 Å². The lowest BCUT2D eigenvalue weighted by atomic mass is 9.90. The number of benzene rings is 1. The van der Waals surface area contributed by atoms with E-state index in [1.807, 2.05) is 4.90 Å². The van der Waals surface area contributed by atoms with Gasteiger partial charge in [-0.3, -0.25) is 4.79 Å². The van der Waals surface area contributed by atoms with E-state index in [4.69, 9.17) is 4.74 Å². The van der Waals surface area contributed by atoms with Gasteiger partial charge in [-0.05, 0) is 69.6 Å². The summed E-state index contributed by atoms with van der Waals surface area (Å²) in [6.07, 6.45) is 4.64. The summed E-state index contributed by atoms with van der Waals surface area (Å²) in [6.45, 7) is 1.56. The van der Waals surface area contributed by atoms with Crippen LogP contribution in [0.15, 0.2) is 18.2 Å². The van der Waals surface area contributed by atoms with Gasteiger partial charge in [-0.25, -0.2) is 0 Å². The number of carbonyl (C=O) groups is 1. The average molecular weight is 409 g/mol. The zero-order valence-corrected chi connectivity index (χ0v) is 16.9. The maximum Gasteiger partial charge on any atom is 0.387 e. The first-order chi connectivity index (χ1) is 13.7. The molecule has 0 aromatic heterocycles. The van der Waals surface area contributed by atoms with Crippen molar-refractivity contribution in [2.24, 2.45) is 11.8 Å². The number of aliphatic hydroxyl groups is 1. The number of likely N-dealkylation sites (tertiary alicyclic amines) is 1. The molecule has 0 radical (unpaired) electrons. The van der Waals surface area contributed by atoms with Crippen molar-refractivity contribution >= 4 is 5.91 Å². The molecule has 160 valence electrons. The molecule has 1 unspecified atom stereocenters. The lowest BCUT2D eigenvalue weighted by Gasteiger charge is -2.33. The molecule has 29 heavy (non-hydrogen) atoms. The van der Waals surface area contributed by atoms with Gasteiger partial charge in [0.25, 0.3) is 0 Å². The highest BCUT2D eigenvalue weighted by Crippen LogP contribution is 2.43. The Labute approximate surface area is 170 Å². The Bertz CT molecular complexity index is 756. The summed E-state index contributed by atoms with van der Waals surface area (Å²) in [4.78, 5) is 14.6. The van der Waals surface area contributed by atoms with Gasteiger partial charge in [0.2, 0.25) is 5.91 Å². The van der Waals surface area contributed by atoms with Gasteiger partial charge in [0.1, 0.15) is 0 Å². The molecule has 4 rings (SSSR count). The molecule has 1 aromatic rings. The van der Waals surface area contributed by atoms with Crippen LogP contribution in [0.2, 0.25) is 0 Å². The highest BCUT2D eigenvalue weighted by atomic mass is 19.3. The third kappa shape index (κ3) is 4.82. The van der Waals surface area contributed by atoms with Crippen LogP contribution in [-0.2, 0) is 4.79 Å². The van der Waals surface area contributed by atoms with Gasteiger partial charge in [0.05, 0.1) is 18.2 Å². The minimum atomic E-state index is -2.91. The Balaban J connectivity index is 1.55. The molecule has 1 amide bonds. The first-order valence-electron chi connectivity index (χ1n) is 10.5. The molecule has 2 atom stereocenters. The Morgan fingerprint density at radius 1 is 1.24 bits per heavy atom. The summed E-state index contributed by atoms with van der Waals surface area (Å²) >= 11 is 0. The summed E-state index contributed by atoms with van der Waals surface area (Å²) < 4.78 is 36.0. The summed E-state index contributed by atoms with van der Waals surface area (Å²) in [5.41, 5.74) is -0.0960. The molecule has 3 aliphatic rings. The van der Waals surface area contributed by atoms with Crippen molar-refractivity contribution in [1.82, 2.24) is 4.90 Å². The lowest BCUT2D eigenvalue weighted by molar-refractivity contribution is -0.138. The maximum absolute atomic E-state index is 12.8. The zero-order valence-electron chi connectivity index (χ0n) is 16.9. The second-order valence-electron chi connectivity index (χ2n) is 9.21. The molecule has 1 aromatic carbocycles. The zero-order chi connectivity index (χ0) is 20.8. The Morgan fingerprint density at radius 2 is 1.97 bits per heavy atom. The normalized spacial score (nSPS) is 24.8. The number of hydrogen-bond donors (Lipinski definition) is 1. The van der Waals surface area contributed by atoms with E-state index in [-0.39, 0.29) is 29.5 Å². The van der Waals surface area contributed by atoms with Crippen molar-refractivity contribution in [3.05, 3.63) is 23.8 Å². The van der Waals surface area contributed by atoms with E-state index in [0.29, 0.717) is 31.2 Å². The molecule has 1 heterocycles. The number of hydrogen-bond acceptors (Lipinski definition) is 4. The van der Waals surface area contributed by atoms with Crippen LogP contribution in [-0.4, -0.2) is 47.3 Å². The Hall–Kier alpha value is -1.89. The van der Waals surface area contributed by atoms with Gasteiger partial charge in [0.15, 0.2) is 11.5 Å². The molecule has 2 saturated carbocycles. The van der Waals surface area contributed by atoms with Gasteiger partial charge >= 0.3 is 6.61 Å². The highest BCUT2D eigenvalue weighted by Gasteiger charge is 2.46. The summed E-state index contributed by atoms with van der Waals surface area (Å²) in [5.74, 6) is 1.04. The smallest absolute Gasteiger partial charge is 0.387 e. The molecule has 0 spiro atoms. The van der Waals surface area contributed by atoms with E-state index in [9.17, 15) is 18.7 Å². The van der Waals surface area contributed by atoms with E-state index in [2.05, 4.69) is 4.74 Å². The van der Waals surface area contributed by atoms with Gasteiger partial charge in [-0.2, -0.15) is 8.78 Å². The van der Waals surface area contributed by atoms with Gasteiger partial charge < -0.3 is 19.5 Å². The van der Waals surface area contributed by atoms with Crippen molar-refractivity contribution in [3.63, 3.8) is 0 Å². The van der Waals surface area contributed by atoms with Gasteiger partial charge in [-0.1, -0.05) is 6.07 Å². The van der Waals surface area contributed by atoms with Crippen molar-refractivity contribution < 1.29 is 28.2 Å². The average Bonchev–Trinajstić information content (AvgIpc) is 3.56. The van der Waals surface area contributed by atoms with E-state index in [1.54, 1.807) is 26.0 Å². The second kappa shape index (κ2) is 7.74. The number of amides is 1. The van der Waals surface area contributed by atoms with Crippen LogP contribution in [0.25, 0.3) is 0 Å². The van der Waals surface area contributed by atoms with Crippen molar-refractivity contribution in [2.45, 2.75) is 70.1 Å². The topological polar surface area (TPSA) is 59.0 Å². The third-order valence-electron chi connectivity index (χ3n) is 6.15. The van der Waals surface area contributed by atoms with Crippen molar-refractivity contribution in [3.8, 4) is 11.5 Å². The van der Waals surface area contributed by atoms with Crippen LogP contribution in [0, 0.1) is 11.8 Å². The number of ether oxygens (including phenoxy) is 2. The van der Waals surface area contributed by atoms with Crippen molar-refractivity contribution in [1.29, 1.82) is 0 Å². The summed E-state index contributed by atoms with van der Waals surface area (Å²) in [7, 11) is 0. The standard InChI is InChI=1S/C22H29F2NO4/c1-22(2,27)19-10-16(11-25(19)20(26)14-5-6-14)15-7-8-17(29-21(23)24)18(9-15)28-12-13-3-4-13/h7-9,13-14,16,19,21,27H,3-6,10-12H2,1-2H3/t16?,19-/m0/s1. The fourth-order valence-corrected chi connectivity index (χ4v) is 4.13. The predicted octanol–water partition coefficient (Wildman–Crippen LogP) is 3.94. The predicted molar refractivity (Wildman–Crippen MR) is 103 cm³/mol. The lowest BCUT2D eigenvalue weighted by Crippen LogP contribution is -2.48. The molecule has 2 aliphatic carbocycles.